The molecule has 0 atom stereocenters. The SMILES string of the molecule is CN=C(NCCCOc1ccccc1)NCc1cc(C(C)C)no1. The van der Waals surface area contributed by atoms with Gasteiger partial charge in [0.1, 0.15) is 5.75 Å². The first kappa shape index (κ1) is 17.8. The van der Waals surface area contributed by atoms with Crippen molar-refractivity contribution >= 4 is 5.96 Å². The zero-order valence-corrected chi connectivity index (χ0v) is 14.6. The number of ether oxygens (including phenoxy) is 1. The lowest BCUT2D eigenvalue weighted by atomic mass is 10.1. The maximum atomic E-state index is 5.65. The second-order valence-electron chi connectivity index (χ2n) is 5.74. The van der Waals surface area contributed by atoms with E-state index in [0.29, 0.717) is 19.1 Å². The Kier molecular flexibility index (Phi) is 7.14. The third-order valence-electron chi connectivity index (χ3n) is 3.45. The summed E-state index contributed by atoms with van der Waals surface area (Å²) in [5.41, 5.74) is 0.966. The van der Waals surface area contributed by atoms with Crippen molar-refractivity contribution < 1.29 is 9.26 Å². The van der Waals surface area contributed by atoms with E-state index in [0.717, 1.165) is 36.1 Å². The van der Waals surface area contributed by atoms with Gasteiger partial charge >= 0.3 is 0 Å². The highest BCUT2D eigenvalue weighted by molar-refractivity contribution is 5.79. The molecule has 0 aliphatic rings. The Morgan fingerprint density at radius 2 is 2.04 bits per heavy atom. The summed E-state index contributed by atoms with van der Waals surface area (Å²) in [5, 5.41) is 10.5. The minimum Gasteiger partial charge on any atom is -0.494 e. The maximum Gasteiger partial charge on any atom is 0.191 e. The molecule has 0 aliphatic carbocycles. The van der Waals surface area contributed by atoms with Crippen molar-refractivity contribution in [3.05, 3.63) is 47.9 Å². The van der Waals surface area contributed by atoms with Crippen LogP contribution in [0.1, 0.15) is 37.6 Å². The highest BCUT2D eigenvalue weighted by Crippen LogP contribution is 2.13. The molecule has 6 nitrogen and oxygen atoms in total. The molecule has 2 aromatic rings. The Morgan fingerprint density at radius 3 is 2.71 bits per heavy atom. The number of hydrogen-bond acceptors (Lipinski definition) is 4. The van der Waals surface area contributed by atoms with E-state index in [1.807, 2.05) is 36.4 Å². The molecule has 6 heteroatoms. The van der Waals surface area contributed by atoms with E-state index in [1.54, 1.807) is 7.05 Å². The minimum absolute atomic E-state index is 0.365. The Balaban J connectivity index is 1.63. The molecule has 0 spiro atoms. The van der Waals surface area contributed by atoms with Crippen LogP contribution in [-0.2, 0) is 6.54 Å². The number of nitrogens with one attached hydrogen (secondary N) is 2. The van der Waals surface area contributed by atoms with Gasteiger partial charge in [-0.3, -0.25) is 4.99 Å². The predicted octanol–water partition coefficient (Wildman–Crippen LogP) is 2.93. The maximum absolute atomic E-state index is 5.65. The molecule has 130 valence electrons. The average molecular weight is 330 g/mol. The average Bonchev–Trinajstić information content (AvgIpc) is 3.07. The second kappa shape index (κ2) is 9.60. The molecule has 0 radical (unpaired) electrons. The van der Waals surface area contributed by atoms with Gasteiger partial charge in [0.05, 0.1) is 18.8 Å². The molecule has 0 aliphatic heterocycles. The van der Waals surface area contributed by atoms with Crippen molar-refractivity contribution in [2.75, 3.05) is 20.2 Å². The Hall–Kier alpha value is -2.50. The predicted molar refractivity (Wildman–Crippen MR) is 95.3 cm³/mol. The number of aromatic nitrogens is 1. The van der Waals surface area contributed by atoms with Crippen molar-refractivity contribution in [1.29, 1.82) is 0 Å². The first-order valence-electron chi connectivity index (χ1n) is 8.27. The van der Waals surface area contributed by atoms with E-state index in [-0.39, 0.29) is 0 Å². The fourth-order valence-electron chi connectivity index (χ4n) is 2.06. The summed E-state index contributed by atoms with van der Waals surface area (Å²) in [7, 11) is 1.75. The zero-order chi connectivity index (χ0) is 17.2. The number of benzene rings is 1. The Labute approximate surface area is 143 Å². The van der Waals surface area contributed by atoms with E-state index >= 15 is 0 Å². The van der Waals surface area contributed by atoms with Gasteiger partial charge in [-0.2, -0.15) is 0 Å². The van der Waals surface area contributed by atoms with Gasteiger partial charge in [0.25, 0.3) is 0 Å². The van der Waals surface area contributed by atoms with Crippen LogP contribution in [0.3, 0.4) is 0 Å². The molecule has 1 heterocycles. The van der Waals surface area contributed by atoms with Gasteiger partial charge in [-0.15, -0.1) is 0 Å². The summed E-state index contributed by atoms with van der Waals surface area (Å²) >= 11 is 0. The number of aliphatic imine (C=N–C) groups is 1. The highest BCUT2D eigenvalue weighted by Gasteiger charge is 2.08. The van der Waals surface area contributed by atoms with Gasteiger partial charge < -0.3 is 19.9 Å². The molecular formula is C18H26N4O2. The number of hydrogen-bond donors (Lipinski definition) is 2. The molecule has 2 N–H and O–H groups in total. The van der Waals surface area contributed by atoms with Crippen LogP contribution in [0.4, 0.5) is 0 Å². The standard InChI is InChI=1S/C18H26N4O2/c1-14(2)17-12-16(24-22-17)13-21-18(19-3)20-10-7-11-23-15-8-5-4-6-9-15/h4-6,8-9,12,14H,7,10-11,13H2,1-3H3,(H2,19,20,21). The van der Waals surface area contributed by atoms with Gasteiger partial charge in [-0.05, 0) is 24.5 Å². The van der Waals surface area contributed by atoms with Crippen molar-refractivity contribution in [3.8, 4) is 5.75 Å². The molecule has 1 aromatic carbocycles. The lowest BCUT2D eigenvalue weighted by Crippen LogP contribution is -2.37. The number of rotatable bonds is 8. The number of nitrogens with zero attached hydrogens (tertiary/aromatic N) is 2. The van der Waals surface area contributed by atoms with E-state index in [1.165, 1.54) is 0 Å². The zero-order valence-electron chi connectivity index (χ0n) is 14.6. The molecule has 0 saturated heterocycles. The van der Waals surface area contributed by atoms with Crippen LogP contribution in [0.15, 0.2) is 45.9 Å². The summed E-state index contributed by atoms with van der Waals surface area (Å²) < 4.78 is 10.9. The van der Waals surface area contributed by atoms with Gasteiger partial charge in [0, 0.05) is 19.7 Å². The first-order chi connectivity index (χ1) is 11.7. The Bertz CT molecular complexity index is 623. The topological polar surface area (TPSA) is 71.7 Å². The fraction of sp³-hybridized carbons (Fsp3) is 0.444. The van der Waals surface area contributed by atoms with E-state index in [4.69, 9.17) is 9.26 Å². The molecular weight excluding hydrogens is 304 g/mol. The van der Waals surface area contributed by atoms with Crippen LogP contribution in [0.25, 0.3) is 0 Å². The molecule has 0 saturated carbocycles. The molecule has 0 unspecified atom stereocenters. The summed E-state index contributed by atoms with van der Waals surface area (Å²) in [6.07, 6.45) is 0.884. The van der Waals surface area contributed by atoms with Gasteiger partial charge in [-0.25, -0.2) is 0 Å². The Morgan fingerprint density at radius 1 is 1.25 bits per heavy atom. The van der Waals surface area contributed by atoms with E-state index in [9.17, 15) is 0 Å². The normalized spacial score (nSPS) is 11.6. The molecule has 1 aromatic heterocycles. The molecule has 0 amide bonds. The molecule has 0 fully saturated rings. The first-order valence-corrected chi connectivity index (χ1v) is 8.27. The smallest absolute Gasteiger partial charge is 0.191 e. The third-order valence-corrected chi connectivity index (χ3v) is 3.45. The number of guanidine groups is 1. The lowest BCUT2D eigenvalue weighted by molar-refractivity contribution is 0.311. The van der Waals surface area contributed by atoms with Crippen LogP contribution in [0.5, 0.6) is 5.75 Å². The van der Waals surface area contributed by atoms with Gasteiger partial charge in [-0.1, -0.05) is 37.2 Å². The van der Waals surface area contributed by atoms with E-state index in [2.05, 4.69) is 34.6 Å². The van der Waals surface area contributed by atoms with Gasteiger partial charge in [0.2, 0.25) is 0 Å². The van der Waals surface area contributed by atoms with Crippen LogP contribution in [0, 0.1) is 0 Å². The van der Waals surface area contributed by atoms with Crippen molar-refractivity contribution in [1.82, 2.24) is 15.8 Å². The molecule has 2 rings (SSSR count). The fourth-order valence-corrected chi connectivity index (χ4v) is 2.06. The van der Waals surface area contributed by atoms with Crippen LogP contribution in [0.2, 0.25) is 0 Å². The summed E-state index contributed by atoms with van der Waals surface area (Å²) in [5.74, 6) is 2.79. The molecule has 0 bridgehead atoms. The summed E-state index contributed by atoms with van der Waals surface area (Å²) in [4.78, 5) is 4.19. The summed E-state index contributed by atoms with van der Waals surface area (Å²) in [6, 6.07) is 11.8. The van der Waals surface area contributed by atoms with Crippen LogP contribution >= 0.6 is 0 Å². The second-order valence-corrected chi connectivity index (χ2v) is 5.74. The van der Waals surface area contributed by atoms with Crippen molar-refractivity contribution in [2.24, 2.45) is 4.99 Å². The third kappa shape index (κ3) is 5.95. The van der Waals surface area contributed by atoms with Crippen LogP contribution in [-0.4, -0.2) is 31.3 Å². The number of para-hydroxylation sites is 1. The van der Waals surface area contributed by atoms with Crippen molar-refractivity contribution in [3.63, 3.8) is 0 Å². The largest absolute Gasteiger partial charge is 0.494 e. The monoisotopic (exact) mass is 330 g/mol. The minimum atomic E-state index is 0.365. The quantitative estimate of drug-likeness (QED) is 0.442. The van der Waals surface area contributed by atoms with Gasteiger partial charge in [0.15, 0.2) is 11.7 Å². The lowest BCUT2D eigenvalue weighted by Gasteiger charge is -2.11. The molecule has 24 heavy (non-hydrogen) atoms. The highest BCUT2D eigenvalue weighted by atomic mass is 16.5. The van der Waals surface area contributed by atoms with Crippen molar-refractivity contribution in [2.45, 2.75) is 32.7 Å². The summed E-state index contributed by atoms with van der Waals surface area (Å²) in [6.45, 7) is 6.17. The van der Waals surface area contributed by atoms with Crippen LogP contribution < -0.4 is 15.4 Å². The van der Waals surface area contributed by atoms with E-state index < -0.39 is 0 Å².